The molecule has 0 spiro atoms. The zero-order valence-corrected chi connectivity index (χ0v) is 18.2. The van der Waals surface area contributed by atoms with Crippen LogP contribution in [0.15, 0.2) is 55.2 Å². The van der Waals surface area contributed by atoms with Crippen LogP contribution in [0.1, 0.15) is 20.8 Å². The number of rotatable bonds is 2. The average Bonchev–Trinajstić information content (AvgIpc) is 3.02. The molecule has 4 aromatic rings. The van der Waals surface area contributed by atoms with Crippen LogP contribution in [0, 0.1) is 0 Å². The molecule has 0 atom stereocenters. The Labute approximate surface area is 189 Å². The van der Waals surface area contributed by atoms with E-state index < -0.39 is 11.6 Å². The molecule has 4 aromatic heterocycles. The van der Waals surface area contributed by atoms with Crippen molar-refractivity contribution in [3.05, 3.63) is 55.2 Å². The van der Waals surface area contributed by atoms with Gasteiger partial charge >= 0.3 is 6.09 Å². The van der Waals surface area contributed by atoms with Crippen molar-refractivity contribution in [1.29, 1.82) is 0 Å². The first-order valence-electron chi connectivity index (χ1n) is 10.2. The van der Waals surface area contributed by atoms with Gasteiger partial charge in [0.15, 0.2) is 5.82 Å². The van der Waals surface area contributed by atoms with Gasteiger partial charge in [-0.25, -0.2) is 14.8 Å². The van der Waals surface area contributed by atoms with Gasteiger partial charge in [0.1, 0.15) is 17.2 Å². The maximum atomic E-state index is 12.2. The number of carbonyl (C=O) groups is 1. The van der Waals surface area contributed by atoms with Crippen LogP contribution in [-0.2, 0) is 0 Å². The van der Waals surface area contributed by atoms with Crippen LogP contribution in [0.4, 0.5) is 22.0 Å². The number of amides is 1. The summed E-state index contributed by atoms with van der Waals surface area (Å²) in [6.45, 7) is 5.36. The van der Waals surface area contributed by atoms with E-state index in [1.165, 1.54) is 17.3 Å². The number of fused-ring (bicyclic) bond motifs is 5. The maximum absolute atomic E-state index is 12.2. The SMILES string of the molecule is CC(C)(C)N(C(=O)O)c1cnccc1-c1nc2c(n1O)-c1ccncc1Nc1ncccc1-2. The molecule has 33 heavy (non-hydrogen) atoms. The average molecular weight is 443 g/mol. The molecule has 1 amide bonds. The van der Waals surface area contributed by atoms with Crippen molar-refractivity contribution in [3.8, 4) is 33.9 Å². The van der Waals surface area contributed by atoms with Crippen molar-refractivity contribution in [1.82, 2.24) is 24.7 Å². The Kier molecular flexibility index (Phi) is 4.52. The first-order valence-corrected chi connectivity index (χ1v) is 10.2. The summed E-state index contributed by atoms with van der Waals surface area (Å²) in [6.07, 6.45) is 6.81. The second-order valence-corrected chi connectivity index (χ2v) is 8.57. The molecular weight excluding hydrogens is 422 g/mol. The predicted molar refractivity (Wildman–Crippen MR) is 123 cm³/mol. The van der Waals surface area contributed by atoms with Crippen LogP contribution in [-0.4, -0.2) is 46.6 Å². The van der Waals surface area contributed by atoms with Gasteiger partial charge in [-0.05, 0) is 45.0 Å². The van der Waals surface area contributed by atoms with Gasteiger partial charge in [-0.15, -0.1) is 0 Å². The van der Waals surface area contributed by atoms with Crippen LogP contribution in [0.3, 0.4) is 0 Å². The van der Waals surface area contributed by atoms with Gasteiger partial charge in [-0.2, -0.15) is 4.73 Å². The largest absolute Gasteiger partial charge is 0.465 e. The first-order chi connectivity index (χ1) is 15.8. The Hall–Kier alpha value is -4.47. The number of hydrogen-bond donors (Lipinski definition) is 3. The van der Waals surface area contributed by atoms with Crippen LogP contribution in [0.25, 0.3) is 33.9 Å². The van der Waals surface area contributed by atoms with Gasteiger partial charge in [0.05, 0.1) is 23.8 Å². The lowest BCUT2D eigenvalue weighted by molar-refractivity contribution is 0.193. The molecule has 0 aliphatic carbocycles. The summed E-state index contributed by atoms with van der Waals surface area (Å²) in [5, 5.41) is 24.6. The monoisotopic (exact) mass is 443 g/mol. The maximum Gasteiger partial charge on any atom is 0.412 e. The molecule has 0 saturated heterocycles. The molecule has 166 valence electrons. The highest BCUT2D eigenvalue weighted by Crippen LogP contribution is 2.45. The molecule has 1 aliphatic heterocycles. The van der Waals surface area contributed by atoms with E-state index in [0.29, 0.717) is 45.3 Å². The Morgan fingerprint density at radius 1 is 1.03 bits per heavy atom. The van der Waals surface area contributed by atoms with E-state index in [-0.39, 0.29) is 5.82 Å². The molecule has 0 unspecified atom stereocenters. The number of hydrogen-bond acceptors (Lipinski definition) is 7. The third-order valence-corrected chi connectivity index (χ3v) is 5.39. The predicted octanol–water partition coefficient (Wildman–Crippen LogP) is 4.65. The van der Waals surface area contributed by atoms with Crippen molar-refractivity contribution in [3.63, 3.8) is 0 Å². The lowest BCUT2D eigenvalue weighted by atomic mass is 10.0. The number of aromatic nitrogens is 5. The van der Waals surface area contributed by atoms with E-state index in [1.807, 2.05) is 6.07 Å². The molecule has 10 heteroatoms. The topological polar surface area (TPSA) is 129 Å². The van der Waals surface area contributed by atoms with Crippen molar-refractivity contribution in [2.75, 3.05) is 10.2 Å². The summed E-state index contributed by atoms with van der Waals surface area (Å²) < 4.78 is 0.986. The Morgan fingerprint density at radius 2 is 1.76 bits per heavy atom. The summed E-state index contributed by atoms with van der Waals surface area (Å²) >= 11 is 0. The zero-order valence-electron chi connectivity index (χ0n) is 18.2. The Morgan fingerprint density at radius 3 is 2.48 bits per heavy atom. The van der Waals surface area contributed by atoms with E-state index in [4.69, 9.17) is 4.98 Å². The molecule has 0 bridgehead atoms. The number of pyridine rings is 3. The summed E-state index contributed by atoms with van der Waals surface area (Å²) in [5.41, 5.74) is 2.97. The third kappa shape index (κ3) is 3.23. The van der Waals surface area contributed by atoms with E-state index >= 15 is 0 Å². The number of imidazole rings is 1. The number of nitrogens with zero attached hydrogens (tertiary/aromatic N) is 6. The van der Waals surface area contributed by atoms with E-state index in [2.05, 4.69) is 20.3 Å². The summed E-state index contributed by atoms with van der Waals surface area (Å²) in [5.74, 6) is 0.763. The molecule has 1 aliphatic rings. The fourth-order valence-corrected chi connectivity index (χ4v) is 4.05. The standard InChI is InChI=1S/C23H21N7O3/c1-23(2,3)29(22(31)32)17-12-25-10-7-14(17)21-28-18-15-5-4-8-26-20(15)27-16-11-24-9-6-13(16)19(18)30(21)33/h4-12,33H,1-3H3,(H,26,27)(H,31,32). The van der Waals surface area contributed by atoms with Gasteiger partial charge < -0.3 is 15.6 Å². The molecule has 5 heterocycles. The molecule has 10 nitrogen and oxygen atoms in total. The highest BCUT2D eigenvalue weighted by Gasteiger charge is 2.33. The molecule has 5 rings (SSSR count). The summed E-state index contributed by atoms with van der Waals surface area (Å²) in [4.78, 5) is 30.9. The molecule has 0 fully saturated rings. The number of carboxylic acid groups (broad SMARTS) is 1. The van der Waals surface area contributed by atoms with E-state index in [9.17, 15) is 15.1 Å². The van der Waals surface area contributed by atoms with Crippen molar-refractivity contribution < 1.29 is 15.1 Å². The van der Waals surface area contributed by atoms with Crippen molar-refractivity contribution >= 4 is 23.3 Å². The van der Waals surface area contributed by atoms with E-state index in [0.717, 1.165) is 4.73 Å². The van der Waals surface area contributed by atoms with Gasteiger partial charge in [0.2, 0.25) is 0 Å². The van der Waals surface area contributed by atoms with Crippen LogP contribution < -0.4 is 10.2 Å². The minimum atomic E-state index is -1.13. The first kappa shape index (κ1) is 20.4. The normalized spacial score (nSPS) is 12.1. The minimum Gasteiger partial charge on any atom is -0.465 e. The highest BCUT2D eigenvalue weighted by atomic mass is 16.5. The quantitative estimate of drug-likeness (QED) is 0.336. The fourth-order valence-electron chi connectivity index (χ4n) is 4.05. The fraction of sp³-hybridized carbons (Fsp3) is 0.174. The summed E-state index contributed by atoms with van der Waals surface area (Å²) in [7, 11) is 0. The smallest absolute Gasteiger partial charge is 0.412 e. The second kappa shape index (κ2) is 7.30. The highest BCUT2D eigenvalue weighted by molar-refractivity contribution is 5.97. The second-order valence-electron chi connectivity index (χ2n) is 8.57. The van der Waals surface area contributed by atoms with Gasteiger partial charge in [0, 0.05) is 40.8 Å². The lowest BCUT2D eigenvalue weighted by Gasteiger charge is -2.33. The van der Waals surface area contributed by atoms with Gasteiger partial charge in [0.25, 0.3) is 0 Å². The van der Waals surface area contributed by atoms with E-state index in [1.54, 1.807) is 57.6 Å². The molecular formula is C23H21N7O3. The Balaban J connectivity index is 1.81. The van der Waals surface area contributed by atoms with Crippen molar-refractivity contribution in [2.24, 2.45) is 0 Å². The number of anilines is 3. The van der Waals surface area contributed by atoms with Crippen LogP contribution in [0.2, 0.25) is 0 Å². The zero-order chi connectivity index (χ0) is 23.3. The molecule has 0 radical (unpaired) electrons. The molecule has 0 aromatic carbocycles. The van der Waals surface area contributed by atoms with Gasteiger partial charge in [-0.1, -0.05) is 0 Å². The minimum absolute atomic E-state index is 0.187. The van der Waals surface area contributed by atoms with Crippen LogP contribution >= 0.6 is 0 Å². The summed E-state index contributed by atoms with van der Waals surface area (Å²) in [6, 6.07) is 7.06. The Bertz CT molecular complexity index is 1390. The van der Waals surface area contributed by atoms with Crippen molar-refractivity contribution in [2.45, 2.75) is 26.3 Å². The molecule has 3 N–H and O–H groups in total. The van der Waals surface area contributed by atoms with Gasteiger partial charge in [-0.3, -0.25) is 14.9 Å². The number of nitrogens with one attached hydrogen (secondary N) is 1. The lowest BCUT2D eigenvalue weighted by Crippen LogP contribution is -2.45. The van der Waals surface area contributed by atoms with Crippen LogP contribution in [0.5, 0.6) is 0 Å². The molecule has 0 saturated carbocycles. The third-order valence-electron chi connectivity index (χ3n) is 5.39.